The van der Waals surface area contributed by atoms with Crippen LogP contribution in [0.1, 0.15) is 24.1 Å². The first kappa shape index (κ1) is 23.4. The first-order valence-corrected chi connectivity index (χ1v) is 12.2. The second kappa shape index (κ2) is 9.39. The number of ether oxygens (including phenoxy) is 1. The number of anilines is 1. The molecule has 0 aliphatic carbocycles. The standard InChI is InChI=1S/C28H23N3O4S/c1-4-15-30-20-14-10-9-13-19(20)22(25(30)32)24-26(33)31-23(18-11-7-6-8-12-18)21(27(34)35-16-5-2)17(3)29-28(31)36-24/h4-14,23H,1-2,15-16H2,3H3/b24-22-. The van der Waals surface area contributed by atoms with Crippen LogP contribution in [0.4, 0.5) is 5.69 Å². The maximum absolute atomic E-state index is 14.0. The van der Waals surface area contributed by atoms with E-state index in [1.54, 1.807) is 17.9 Å². The van der Waals surface area contributed by atoms with E-state index < -0.39 is 12.0 Å². The summed E-state index contributed by atoms with van der Waals surface area (Å²) in [5.41, 5.74) is 2.84. The van der Waals surface area contributed by atoms with E-state index >= 15 is 0 Å². The lowest BCUT2D eigenvalue weighted by Crippen LogP contribution is -2.41. The van der Waals surface area contributed by atoms with Gasteiger partial charge < -0.3 is 9.64 Å². The van der Waals surface area contributed by atoms with Crippen LogP contribution in [0.5, 0.6) is 0 Å². The quantitative estimate of drug-likeness (QED) is 0.388. The Bertz CT molecular complexity index is 1630. The van der Waals surface area contributed by atoms with Crippen LogP contribution in [0, 0.1) is 0 Å². The van der Waals surface area contributed by atoms with Crippen molar-refractivity contribution in [3.05, 3.63) is 122 Å². The van der Waals surface area contributed by atoms with Crippen molar-refractivity contribution in [3.63, 3.8) is 0 Å². The number of para-hydroxylation sites is 1. The van der Waals surface area contributed by atoms with Gasteiger partial charge in [-0.1, -0.05) is 78.6 Å². The molecule has 5 rings (SSSR count). The summed E-state index contributed by atoms with van der Waals surface area (Å²) in [6.07, 6.45) is 3.14. The molecule has 1 aromatic heterocycles. The minimum Gasteiger partial charge on any atom is -0.458 e. The number of hydrogen-bond donors (Lipinski definition) is 0. The number of rotatable bonds is 6. The Morgan fingerprint density at radius 2 is 1.81 bits per heavy atom. The fourth-order valence-electron chi connectivity index (χ4n) is 4.61. The molecule has 0 saturated heterocycles. The molecule has 0 N–H and O–H groups in total. The molecule has 0 saturated carbocycles. The third-order valence-electron chi connectivity index (χ3n) is 6.13. The molecule has 2 aliphatic heterocycles. The SMILES string of the molecule is C=CCOC(=O)C1=C(C)N=c2s/c(=C3\C(=O)N(CC=C)c4ccccc43)c(=O)n2C1c1ccccc1. The number of thiazole rings is 1. The number of hydrogen-bond acceptors (Lipinski definition) is 6. The van der Waals surface area contributed by atoms with Crippen molar-refractivity contribution < 1.29 is 14.3 Å². The molecule has 1 atom stereocenters. The molecule has 0 radical (unpaired) electrons. The zero-order valence-electron chi connectivity index (χ0n) is 19.6. The first-order valence-electron chi connectivity index (χ1n) is 11.4. The highest BCUT2D eigenvalue weighted by atomic mass is 32.1. The average molecular weight is 498 g/mol. The summed E-state index contributed by atoms with van der Waals surface area (Å²) < 4.78 is 7.13. The highest BCUT2D eigenvalue weighted by Gasteiger charge is 2.36. The van der Waals surface area contributed by atoms with Gasteiger partial charge in [0.05, 0.1) is 28.6 Å². The Kier molecular flexibility index (Phi) is 6.12. The molecule has 3 heterocycles. The summed E-state index contributed by atoms with van der Waals surface area (Å²) in [6.45, 7) is 9.45. The second-order valence-electron chi connectivity index (χ2n) is 8.30. The number of carbonyl (C=O) groups excluding carboxylic acids is 2. The summed E-state index contributed by atoms with van der Waals surface area (Å²) in [6, 6.07) is 15.9. The van der Waals surface area contributed by atoms with Crippen molar-refractivity contribution in [2.75, 3.05) is 18.1 Å². The molecule has 2 aromatic carbocycles. The fraction of sp³-hybridized carbons (Fsp3) is 0.143. The molecule has 0 bridgehead atoms. The van der Waals surface area contributed by atoms with E-state index in [4.69, 9.17) is 4.74 Å². The summed E-state index contributed by atoms with van der Waals surface area (Å²) in [5, 5.41) is 0. The van der Waals surface area contributed by atoms with Crippen LogP contribution < -0.4 is 19.8 Å². The fourth-order valence-corrected chi connectivity index (χ4v) is 5.74. The van der Waals surface area contributed by atoms with Crippen LogP contribution in [-0.2, 0) is 14.3 Å². The Morgan fingerprint density at radius 1 is 1.08 bits per heavy atom. The minimum atomic E-state index is -0.745. The number of carbonyl (C=O) groups is 2. The topological polar surface area (TPSA) is 81.0 Å². The van der Waals surface area contributed by atoms with E-state index in [0.29, 0.717) is 28.2 Å². The summed E-state index contributed by atoms with van der Waals surface area (Å²) >= 11 is 1.15. The monoisotopic (exact) mass is 497 g/mol. The van der Waals surface area contributed by atoms with E-state index in [-0.39, 0.29) is 28.2 Å². The van der Waals surface area contributed by atoms with Gasteiger partial charge in [-0.15, -0.1) is 6.58 Å². The predicted molar refractivity (Wildman–Crippen MR) is 139 cm³/mol. The molecule has 0 fully saturated rings. The number of aromatic nitrogens is 1. The summed E-state index contributed by atoms with van der Waals surface area (Å²) in [4.78, 5) is 47.2. The van der Waals surface area contributed by atoms with Crippen molar-refractivity contribution in [2.45, 2.75) is 13.0 Å². The zero-order valence-corrected chi connectivity index (χ0v) is 20.5. The van der Waals surface area contributed by atoms with Crippen molar-refractivity contribution in [1.29, 1.82) is 0 Å². The average Bonchev–Trinajstić information content (AvgIpc) is 3.35. The number of benzene rings is 2. The maximum atomic E-state index is 14.0. The lowest BCUT2D eigenvalue weighted by atomic mass is 9.96. The van der Waals surface area contributed by atoms with Crippen LogP contribution in [0.25, 0.3) is 5.57 Å². The summed E-state index contributed by atoms with van der Waals surface area (Å²) in [5.74, 6) is -0.832. The smallest absolute Gasteiger partial charge is 0.338 e. The number of nitrogens with zero attached hydrogens (tertiary/aromatic N) is 3. The van der Waals surface area contributed by atoms with Gasteiger partial charge in [-0.3, -0.25) is 14.2 Å². The number of esters is 1. The van der Waals surface area contributed by atoms with Crippen molar-refractivity contribution >= 4 is 34.5 Å². The van der Waals surface area contributed by atoms with Gasteiger partial charge in [0, 0.05) is 12.1 Å². The lowest BCUT2D eigenvalue weighted by Gasteiger charge is -2.24. The molecule has 0 spiro atoms. The molecule has 3 aromatic rings. The first-order chi connectivity index (χ1) is 17.5. The van der Waals surface area contributed by atoms with Gasteiger partial charge in [-0.25, -0.2) is 9.79 Å². The van der Waals surface area contributed by atoms with Gasteiger partial charge in [0.25, 0.3) is 11.5 Å². The normalized spacial score (nSPS) is 17.9. The Morgan fingerprint density at radius 3 is 2.53 bits per heavy atom. The van der Waals surface area contributed by atoms with Gasteiger partial charge in [-0.2, -0.15) is 0 Å². The Balaban J connectivity index is 1.79. The minimum absolute atomic E-state index is 0.0378. The number of allylic oxidation sites excluding steroid dienone is 1. The molecule has 1 amide bonds. The zero-order chi connectivity index (χ0) is 25.4. The van der Waals surface area contributed by atoms with Crippen LogP contribution >= 0.6 is 11.3 Å². The molecule has 180 valence electrons. The van der Waals surface area contributed by atoms with Crippen LogP contribution in [0.3, 0.4) is 0 Å². The van der Waals surface area contributed by atoms with E-state index in [2.05, 4.69) is 18.2 Å². The highest BCUT2D eigenvalue weighted by Crippen LogP contribution is 2.35. The highest BCUT2D eigenvalue weighted by molar-refractivity contribution is 7.07. The lowest BCUT2D eigenvalue weighted by molar-refractivity contribution is -0.138. The van der Waals surface area contributed by atoms with E-state index in [1.165, 1.54) is 10.6 Å². The van der Waals surface area contributed by atoms with Gasteiger partial charge >= 0.3 is 5.97 Å². The second-order valence-corrected chi connectivity index (χ2v) is 9.27. The van der Waals surface area contributed by atoms with E-state index in [0.717, 1.165) is 22.6 Å². The van der Waals surface area contributed by atoms with Gasteiger partial charge in [-0.05, 0) is 18.6 Å². The Hall–Kier alpha value is -4.30. The largest absolute Gasteiger partial charge is 0.458 e. The third-order valence-corrected chi connectivity index (χ3v) is 7.18. The summed E-state index contributed by atoms with van der Waals surface area (Å²) in [7, 11) is 0. The molecular formula is C28H23N3O4S. The molecule has 7 nitrogen and oxygen atoms in total. The Labute approximate surface area is 211 Å². The van der Waals surface area contributed by atoms with Gasteiger partial charge in [0.15, 0.2) is 4.80 Å². The van der Waals surface area contributed by atoms with Gasteiger partial charge in [0.2, 0.25) is 0 Å². The van der Waals surface area contributed by atoms with Crippen molar-refractivity contribution in [2.24, 2.45) is 4.99 Å². The molecule has 2 aliphatic rings. The number of amides is 1. The van der Waals surface area contributed by atoms with E-state index in [1.807, 2.05) is 54.6 Å². The predicted octanol–water partition coefficient (Wildman–Crippen LogP) is 2.87. The van der Waals surface area contributed by atoms with Crippen molar-refractivity contribution in [1.82, 2.24) is 4.57 Å². The maximum Gasteiger partial charge on any atom is 0.338 e. The van der Waals surface area contributed by atoms with E-state index in [9.17, 15) is 14.4 Å². The van der Waals surface area contributed by atoms with Gasteiger partial charge in [0.1, 0.15) is 11.1 Å². The molecule has 8 heteroatoms. The molecule has 1 unspecified atom stereocenters. The third kappa shape index (κ3) is 3.67. The molecular weight excluding hydrogens is 474 g/mol. The number of fused-ring (bicyclic) bond motifs is 2. The van der Waals surface area contributed by atoms with Crippen LogP contribution in [0.15, 0.2) is 101 Å². The molecule has 36 heavy (non-hydrogen) atoms. The van der Waals surface area contributed by atoms with Crippen LogP contribution in [0.2, 0.25) is 0 Å². The van der Waals surface area contributed by atoms with Crippen LogP contribution in [-0.4, -0.2) is 29.6 Å². The van der Waals surface area contributed by atoms with Crippen molar-refractivity contribution in [3.8, 4) is 0 Å².